The standard InChI is InChI=1S/C16H12FN3/c17-14-8-11(9-18)4-5-12(14)10-20-7-6-13-15(19)2-1-3-16(13)20/h1-8H,10,19H2. The number of nitrogens with two attached hydrogens (primary N) is 1. The number of rotatable bonds is 2. The van der Waals surface area contributed by atoms with Crippen molar-refractivity contribution in [2.75, 3.05) is 5.73 Å². The molecule has 0 bridgehead atoms. The van der Waals surface area contributed by atoms with E-state index in [1.165, 1.54) is 6.07 Å². The van der Waals surface area contributed by atoms with E-state index in [0.717, 1.165) is 10.9 Å². The fourth-order valence-corrected chi connectivity index (χ4v) is 2.31. The minimum atomic E-state index is -0.366. The van der Waals surface area contributed by atoms with Gasteiger partial charge in [0.2, 0.25) is 0 Å². The van der Waals surface area contributed by atoms with E-state index in [4.69, 9.17) is 11.0 Å². The molecule has 0 unspecified atom stereocenters. The summed E-state index contributed by atoms with van der Waals surface area (Å²) in [6.07, 6.45) is 1.89. The molecule has 0 aliphatic rings. The summed E-state index contributed by atoms with van der Waals surface area (Å²) in [4.78, 5) is 0. The first-order valence-corrected chi connectivity index (χ1v) is 6.21. The number of nitrogen functional groups attached to an aromatic ring is 1. The van der Waals surface area contributed by atoms with Gasteiger partial charge in [0.1, 0.15) is 5.82 Å². The molecule has 1 aromatic heterocycles. The third-order valence-corrected chi connectivity index (χ3v) is 3.37. The molecule has 98 valence electrons. The fraction of sp³-hybridized carbons (Fsp3) is 0.0625. The molecule has 0 fully saturated rings. The van der Waals surface area contributed by atoms with Gasteiger partial charge in [0.05, 0.1) is 23.7 Å². The molecule has 0 aliphatic heterocycles. The Labute approximate surface area is 115 Å². The maximum atomic E-state index is 13.9. The molecule has 3 aromatic rings. The van der Waals surface area contributed by atoms with Crippen LogP contribution in [0.2, 0.25) is 0 Å². The van der Waals surface area contributed by atoms with Crippen molar-refractivity contribution >= 4 is 16.6 Å². The predicted molar refractivity (Wildman–Crippen MR) is 76.6 cm³/mol. The predicted octanol–water partition coefficient (Wildman–Crippen LogP) is 3.28. The van der Waals surface area contributed by atoms with E-state index < -0.39 is 0 Å². The molecule has 4 heteroatoms. The Morgan fingerprint density at radius 3 is 2.80 bits per heavy atom. The zero-order chi connectivity index (χ0) is 14.1. The second-order valence-corrected chi connectivity index (χ2v) is 4.64. The number of fused-ring (bicyclic) bond motifs is 1. The summed E-state index contributed by atoms with van der Waals surface area (Å²) in [6.45, 7) is 0.407. The average molecular weight is 265 g/mol. The monoisotopic (exact) mass is 265 g/mol. The molecule has 0 saturated heterocycles. The summed E-state index contributed by atoms with van der Waals surface area (Å²) in [6, 6.07) is 14.1. The molecule has 0 atom stereocenters. The minimum Gasteiger partial charge on any atom is -0.398 e. The van der Waals surface area contributed by atoms with Crippen LogP contribution in [0, 0.1) is 17.1 Å². The smallest absolute Gasteiger partial charge is 0.129 e. The first-order chi connectivity index (χ1) is 9.69. The molecule has 1 heterocycles. The van der Waals surface area contributed by atoms with Gasteiger partial charge in [0.15, 0.2) is 0 Å². The van der Waals surface area contributed by atoms with Crippen LogP contribution < -0.4 is 5.73 Å². The first-order valence-electron chi connectivity index (χ1n) is 6.21. The third kappa shape index (κ3) is 1.99. The van der Waals surface area contributed by atoms with Crippen molar-refractivity contribution in [2.24, 2.45) is 0 Å². The van der Waals surface area contributed by atoms with Gasteiger partial charge in [0, 0.05) is 22.8 Å². The van der Waals surface area contributed by atoms with Gasteiger partial charge in [-0.05, 0) is 30.3 Å². The van der Waals surface area contributed by atoms with E-state index in [1.54, 1.807) is 12.1 Å². The lowest BCUT2D eigenvalue weighted by Crippen LogP contribution is -2.01. The quantitative estimate of drug-likeness (QED) is 0.723. The van der Waals surface area contributed by atoms with Gasteiger partial charge in [-0.25, -0.2) is 4.39 Å². The summed E-state index contributed by atoms with van der Waals surface area (Å²) < 4.78 is 15.9. The molecular formula is C16H12FN3. The molecule has 0 amide bonds. The number of halogens is 1. The maximum Gasteiger partial charge on any atom is 0.129 e. The number of anilines is 1. The van der Waals surface area contributed by atoms with E-state index in [2.05, 4.69) is 0 Å². The molecular weight excluding hydrogens is 253 g/mol. The van der Waals surface area contributed by atoms with Crippen LogP contribution in [0.4, 0.5) is 10.1 Å². The van der Waals surface area contributed by atoms with Crippen LogP contribution in [0.1, 0.15) is 11.1 Å². The van der Waals surface area contributed by atoms with Crippen LogP contribution in [-0.4, -0.2) is 4.57 Å². The van der Waals surface area contributed by atoms with Crippen molar-refractivity contribution in [1.29, 1.82) is 5.26 Å². The van der Waals surface area contributed by atoms with Crippen LogP contribution in [0.5, 0.6) is 0 Å². The van der Waals surface area contributed by atoms with Crippen LogP contribution in [0.15, 0.2) is 48.7 Å². The van der Waals surface area contributed by atoms with Gasteiger partial charge in [-0.2, -0.15) is 5.26 Å². The van der Waals surface area contributed by atoms with E-state index in [0.29, 0.717) is 23.4 Å². The molecule has 0 aliphatic carbocycles. The van der Waals surface area contributed by atoms with Gasteiger partial charge in [0.25, 0.3) is 0 Å². The highest BCUT2D eigenvalue weighted by atomic mass is 19.1. The number of benzene rings is 2. The first kappa shape index (κ1) is 12.2. The SMILES string of the molecule is N#Cc1ccc(Cn2ccc3c(N)cccc32)c(F)c1. The lowest BCUT2D eigenvalue weighted by molar-refractivity contribution is 0.601. The van der Waals surface area contributed by atoms with Gasteiger partial charge in [-0.3, -0.25) is 0 Å². The van der Waals surface area contributed by atoms with Crippen molar-refractivity contribution in [1.82, 2.24) is 4.57 Å². The summed E-state index contributed by atoms with van der Waals surface area (Å²) in [5.41, 5.74) is 8.46. The van der Waals surface area contributed by atoms with Crippen molar-refractivity contribution in [3.8, 4) is 6.07 Å². The highest BCUT2D eigenvalue weighted by molar-refractivity contribution is 5.91. The third-order valence-electron chi connectivity index (χ3n) is 3.37. The number of aromatic nitrogens is 1. The summed E-state index contributed by atoms with van der Waals surface area (Å²) in [5, 5.41) is 9.71. The van der Waals surface area contributed by atoms with Crippen molar-refractivity contribution in [3.63, 3.8) is 0 Å². The average Bonchev–Trinajstić information content (AvgIpc) is 2.86. The Morgan fingerprint density at radius 2 is 2.05 bits per heavy atom. The second kappa shape index (κ2) is 4.71. The Kier molecular flexibility index (Phi) is 2.88. The van der Waals surface area contributed by atoms with Crippen LogP contribution >= 0.6 is 0 Å². The Hall–Kier alpha value is -2.80. The normalized spacial score (nSPS) is 10.6. The van der Waals surface area contributed by atoms with E-state index in [-0.39, 0.29) is 5.82 Å². The summed E-state index contributed by atoms with van der Waals surface area (Å²) >= 11 is 0. The molecule has 3 rings (SSSR count). The van der Waals surface area contributed by atoms with Gasteiger partial charge in [-0.15, -0.1) is 0 Å². The second-order valence-electron chi connectivity index (χ2n) is 4.64. The van der Waals surface area contributed by atoms with Gasteiger partial charge < -0.3 is 10.3 Å². The highest BCUT2D eigenvalue weighted by Gasteiger charge is 2.07. The fourth-order valence-electron chi connectivity index (χ4n) is 2.31. The summed E-state index contributed by atoms with van der Waals surface area (Å²) in [7, 11) is 0. The van der Waals surface area contributed by atoms with Crippen molar-refractivity contribution in [2.45, 2.75) is 6.54 Å². The van der Waals surface area contributed by atoms with Crippen molar-refractivity contribution < 1.29 is 4.39 Å². The highest BCUT2D eigenvalue weighted by Crippen LogP contribution is 2.23. The topological polar surface area (TPSA) is 54.7 Å². The summed E-state index contributed by atoms with van der Waals surface area (Å²) in [5.74, 6) is -0.366. The number of nitriles is 1. The maximum absolute atomic E-state index is 13.9. The van der Waals surface area contributed by atoms with E-state index in [1.807, 2.05) is 41.1 Å². The molecule has 3 nitrogen and oxygen atoms in total. The molecule has 0 radical (unpaired) electrons. The Morgan fingerprint density at radius 1 is 1.20 bits per heavy atom. The minimum absolute atomic E-state index is 0.327. The van der Waals surface area contributed by atoms with Crippen LogP contribution in [0.25, 0.3) is 10.9 Å². The lowest BCUT2D eigenvalue weighted by Gasteiger charge is -2.07. The van der Waals surface area contributed by atoms with Crippen LogP contribution in [-0.2, 0) is 6.54 Å². The number of nitrogens with zero attached hydrogens (tertiary/aromatic N) is 2. The molecule has 2 aromatic carbocycles. The molecule has 0 spiro atoms. The zero-order valence-electron chi connectivity index (χ0n) is 10.7. The van der Waals surface area contributed by atoms with Gasteiger partial charge in [-0.1, -0.05) is 12.1 Å². The Bertz CT molecular complexity index is 827. The van der Waals surface area contributed by atoms with E-state index in [9.17, 15) is 4.39 Å². The number of hydrogen-bond acceptors (Lipinski definition) is 2. The molecule has 0 saturated carbocycles. The van der Waals surface area contributed by atoms with Crippen LogP contribution in [0.3, 0.4) is 0 Å². The largest absolute Gasteiger partial charge is 0.398 e. The molecule has 2 N–H and O–H groups in total. The Balaban J connectivity index is 2.02. The van der Waals surface area contributed by atoms with Crippen molar-refractivity contribution in [3.05, 3.63) is 65.6 Å². The van der Waals surface area contributed by atoms with E-state index >= 15 is 0 Å². The number of hydrogen-bond donors (Lipinski definition) is 1. The van der Waals surface area contributed by atoms with Gasteiger partial charge >= 0.3 is 0 Å². The molecule has 20 heavy (non-hydrogen) atoms. The zero-order valence-corrected chi connectivity index (χ0v) is 10.7. The lowest BCUT2D eigenvalue weighted by atomic mass is 10.1.